The van der Waals surface area contributed by atoms with Crippen LogP contribution in [0.2, 0.25) is 10.0 Å². The van der Waals surface area contributed by atoms with E-state index >= 15 is 0 Å². The zero-order chi connectivity index (χ0) is 23.1. The molecular formula is C22H27Cl2N3O5. The van der Waals surface area contributed by atoms with Crippen molar-refractivity contribution >= 4 is 41.1 Å². The van der Waals surface area contributed by atoms with Gasteiger partial charge in [-0.15, -0.1) is 0 Å². The third-order valence-corrected chi connectivity index (χ3v) is 7.67. The summed E-state index contributed by atoms with van der Waals surface area (Å²) < 4.78 is 0. The molecule has 0 aliphatic heterocycles. The van der Waals surface area contributed by atoms with Crippen molar-refractivity contribution in [1.29, 1.82) is 0 Å². The van der Waals surface area contributed by atoms with Crippen molar-refractivity contribution < 1.29 is 24.6 Å². The molecule has 0 aromatic heterocycles. The van der Waals surface area contributed by atoms with Crippen LogP contribution in [0.4, 0.5) is 4.79 Å². The molecule has 0 spiro atoms. The van der Waals surface area contributed by atoms with Crippen molar-refractivity contribution in [2.75, 3.05) is 13.1 Å². The number of hydrogen-bond donors (Lipinski definition) is 5. The molecule has 2 unspecified atom stereocenters. The van der Waals surface area contributed by atoms with Gasteiger partial charge in [0, 0.05) is 6.54 Å². The molecule has 1 aromatic carbocycles. The predicted octanol–water partition coefficient (Wildman–Crippen LogP) is 2.81. The number of carbonyl (C=O) groups is 3. The number of carboxylic acids is 1. The molecule has 1 aromatic rings. The summed E-state index contributed by atoms with van der Waals surface area (Å²) in [5.41, 5.74) is -0.732. The van der Waals surface area contributed by atoms with Crippen molar-refractivity contribution in [2.45, 2.75) is 50.2 Å². The van der Waals surface area contributed by atoms with E-state index in [0.29, 0.717) is 24.8 Å². The van der Waals surface area contributed by atoms with E-state index < -0.39 is 29.6 Å². The van der Waals surface area contributed by atoms with E-state index in [1.54, 1.807) is 6.07 Å². The van der Waals surface area contributed by atoms with Gasteiger partial charge in [0.1, 0.15) is 6.04 Å². The van der Waals surface area contributed by atoms with Gasteiger partial charge in [-0.2, -0.15) is 0 Å². The average Bonchev–Trinajstić information content (AvgIpc) is 2.67. The molecule has 3 amide bonds. The van der Waals surface area contributed by atoms with Gasteiger partial charge in [0.2, 0.25) is 0 Å². The van der Waals surface area contributed by atoms with Crippen LogP contribution in [0.5, 0.6) is 0 Å². The van der Waals surface area contributed by atoms with Gasteiger partial charge in [0.15, 0.2) is 0 Å². The fourth-order valence-corrected chi connectivity index (χ4v) is 6.85. The summed E-state index contributed by atoms with van der Waals surface area (Å²) in [7, 11) is 0. The standard InChI is InChI=1S/C22H27Cl2N3O5/c23-14-2-1-3-15(24)17(14)18(28)27-16(19(29)30)9-25-20(31)26-11-21-5-12-4-13(6-21)8-22(32,7-12)10-21/h1-3,12-13,16,32H,4-11H2,(H,27,28)(H,29,30)(H2,25,26,31)/t12?,13?,16-,21?,22?/m0/s1. The summed E-state index contributed by atoms with van der Waals surface area (Å²) in [6.07, 6.45) is 5.56. The molecule has 4 aliphatic rings. The highest BCUT2D eigenvalue weighted by Gasteiger charge is 2.57. The van der Waals surface area contributed by atoms with E-state index in [1.165, 1.54) is 12.1 Å². The van der Waals surface area contributed by atoms with Gasteiger partial charge >= 0.3 is 12.0 Å². The van der Waals surface area contributed by atoms with Crippen LogP contribution in [0, 0.1) is 17.3 Å². The number of amides is 3. The number of hydrogen-bond acceptors (Lipinski definition) is 4. The van der Waals surface area contributed by atoms with E-state index in [0.717, 1.165) is 32.1 Å². The number of nitrogens with one attached hydrogen (secondary N) is 3. The molecule has 0 heterocycles. The summed E-state index contributed by atoms with van der Waals surface area (Å²) >= 11 is 12.0. The highest BCUT2D eigenvalue weighted by atomic mass is 35.5. The van der Waals surface area contributed by atoms with Gasteiger partial charge in [-0.25, -0.2) is 9.59 Å². The minimum Gasteiger partial charge on any atom is -0.480 e. The minimum absolute atomic E-state index is 0.0220. The molecule has 5 N–H and O–H groups in total. The first-order valence-corrected chi connectivity index (χ1v) is 11.6. The third-order valence-electron chi connectivity index (χ3n) is 7.04. The van der Waals surface area contributed by atoms with Crippen LogP contribution in [0.15, 0.2) is 18.2 Å². The Kier molecular flexibility index (Phi) is 6.31. The molecule has 10 heteroatoms. The first-order chi connectivity index (χ1) is 15.1. The second-order valence-corrected chi connectivity index (χ2v) is 10.5. The monoisotopic (exact) mass is 483 g/mol. The molecule has 4 saturated carbocycles. The number of rotatable bonds is 7. The van der Waals surface area contributed by atoms with Gasteiger partial charge in [0.25, 0.3) is 5.91 Å². The Bertz CT molecular complexity index is 906. The lowest BCUT2D eigenvalue weighted by Gasteiger charge is -2.60. The second-order valence-electron chi connectivity index (χ2n) is 9.71. The van der Waals surface area contributed by atoms with Gasteiger partial charge in [-0.05, 0) is 67.9 Å². The number of carbonyl (C=O) groups excluding carboxylic acids is 2. The molecule has 4 aliphatic carbocycles. The minimum atomic E-state index is -1.36. The molecule has 4 bridgehead atoms. The molecule has 0 saturated heterocycles. The highest BCUT2D eigenvalue weighted by Crippen LogP contribution is 2.61. The quantitative estimate of drug-likeness (QED) is 0.407. The Labute approximate surface area is 196 Å². The van der Waals surface area contributed by atoms with Crippen molar-refractivity contribution in [2.24, 2.45) is 17.3 Å². The fraction of sp³-hybridized carbons (Fsp3) is 0.591. The Morgan fingerprint density at radius 3 is 2.25 bits per heavy atom. The fourth-order valence-electron chi connectivity index (χ4n) is 6.28. The van der Waals surface area contributed by atoms with Crippen molar-refractivity contribution in [3.05, 3.63) is 33.8 Å². The number of aliphatic hydroxyl groups is 1. The van der Waals surface area contributed by atoms with Crippen LogP contribution in [-0.4, -0.2) is 52.9 Å². The van der Waals surface area contributed by atoms with E-state index in [4.69, 9.17) is 23.2 Å². The summed E-state index contributed by atoms with van der Waals surface area (Å²) in [4.78, 5) is 36.4. The third kappa shape index (κ3) is 4.82. The Morgan fingerprint density at radius 2 is 1.69 bits per heavy atom. The van der Waals surface area contributed by atoms with E-state index in [9.17, 15) is 24.6 Å². The number of halogens is 2. The molecule has 8 nitrogen and oxygen atoms in total. The second kappa shape index (κ2) is 8.72. The van der Waals surface area contributed by atoms with Crippen molar-refractivity contribution in [3.63, 3.8) is 0 Å². The lowest BCUT2D eigenvalue weighted by atomic mass is 9.48. The zero-order valence-corrected chi connectivity index (χ0v) is 19.0. The van der Waals surface area contributed by atoms with E-state index in [1.807, 2.05) is 0 Å². The summed E-state index contributed by atoms with van der Waals surface area (Å²) in [5.74, 6) is -1.02. The Balaban J connectivity index is 1.30. The summed E-state index contributed by atoms with van der Waals surface area (Å²) in [5, 5.41) is 28.2. The maximum atomic E-state index is 12.5. The van der Waals surface area contributed by atoms with E-state index in [-0.39, 0.29) is 27.6 Å². The topological polar surface area (TPSA) is 128 Å². The van der Waals surface area contributed by atoms with Crippen LogP contribution in [0.3, 0.4) is 0 Å². The zero-order valence-electron chi connectivity index (χ0n) is 17.5. The normalized spacial score (nSPS) is 31.1. The van der Waals surface area contributed by atoms with Crippen LogP contribution >= 0.6 is 23.2 Å². The Hall–Kier alpha value is -2.03. The largest absolute Gasteiger partial charge is 0.480 e. The van der Waals surface area contributed by atoms with E-state index in [2.05, 4.69) is 16.0 Å². The molecular weight excluding hydrogens is 457 g/mol. The van der Waals surface area contributed by atoms with Crippen LogP contribution < -0.4 is 16.0 Å². The number of carboxylic acid groups (broad SMARTS) is 1. The highest BCUT2D eigenvalue weighted by molar-refractivity contribution is 6.39. The first kappa shape index (κ1) is 23.1. The molecule has 0 radical (unpaired) electrons. The molecule has 3 atom stereocenters. The molecule has 5 rings (SSSR count). The summed E-state index contributed by atoms with van der Waals surface area (Å²) in [6, 6.07) is 2.66. The van der Waals surface area contributed by atoms with Crippen molar-refractivity contribution in [3.8, 4) is 0 Å². The maximum Gasteiger partial charge on any atom is 0.328 e. The maximum absolute atomic E-state index is 12.5. The lowest BCUT2D eigenvalue weighted by Crippen LogP contribution is -2.59. The Morgan fingerprint density at radius 1 is 1.06 bits per heavy atom. The van der Waals surface area contributed by atoms with Crippen LogP contribution in [0.1, 0.15) is 48.9 Å². The smallest absolute Gasteiger partial charge is 0.328 e. The van der Waals surface area contributed by atoms with Crippen molar-refractivity contribution in [1.82, 2.24) is 16.0 Å². The molecule has 32 heavy (non-hydrogen) atoms. The van der Waals surface area contributed by atoms with Crippen LogP contribution in [0.25, 0.3) is 0 Å². The lowest BCUT2D eigenvalue weighted by molar-refractivity contribution is -0.161. The van der Waals surface area contributed by atoms with Gasteiger partial charge in [-0.3, -0.25) is 4.79 Å². The average molecular weight is 484 g/mol. The molecule has 174 valence electrons. The first-order valence-electron chi connectivity index (χ1n) is 10.8. The van der Waals surface area contributed by atoms with Crippen LogP contribution in [-0.2, 0) is 4.79 Å². The SMILES string of the molecule is O=C(NC[C@H](NC(=O)c1c(Cl)cccc1Cl)C(=O)O)NCC12CC3CC(CC(O)(C3)C1)C2. The van der Waals surface area contributed by atoms with Gasteiger partial charge < -0.3 is 26.2 Å². The number of urea groups is 1. The number of benzene rings is 1. The summed E-state index contributed by atoms with van der Waals surface area (Å²) in [6.45, 7) is 0.130. The van der Waals surface area contributed by atoms with Gasteiger partial charge in [0.05, 0.1) is 27.8 Å². The molecule has 4 fully saturated rings. The number of aliphatic carboxylic acids is 1. The van der Waals surface area contributed by atoms with Gasteiger partial charge in [-0.1, -0.05) is 29.3 Å². The predicted molar refractivity (Wildman–Crippen MR) is 119 cm³/mol.